The Bertz CT molecular complexity index is 526. The van der Waals surface area contributed by atoms with Crippen LogP contribution in [0.3, 0.4) is 0 Å². The van der Waals surface area contributed by atoms with Gasteiger partial charge in [0.25, 0.3) is 0 Å². The minimum absolute atomic E-state index is 0.0135. The number of fused-ring (bicyclic) bond motifs is 1. The smallest absolute Gasteiger partial charge is 0.0598 e. The average Bonchev–Trinajstić information content (AvgIpc) is 2.53. The van der Waals surface area contributed by atoms with Crippen LogP contribution in [0, 0.1) is 6.92 Å². The van der Waals surface area contributed by atoms with Gasteiger partial charge < -0.3 is 10.1 Å². The zero-order valence-corrected chi connectivity index (χ0v) is 11.5. The fourth-order valence-corrected chi connectivity index (χ4v) is 2.74. The van der Waals surface area contributed by atoms with Gasteiger partial charge in [0.15, 0.2) is 0 Å². The lowest BCUT2D eigenvalue weighted by Crippen LogP contribution is -2.30. The molecule has 2 heterocycles. The van der Waals surface area contributed by atoms with Gasteiger partial charge in [-0.25, -0.2) is 0 Å². The Hall–Kier alpha value is -0.800. The molecule has 86 valence electrons. The maximum Gasteiger partial charge on any atom is 0.0598 e. The molecule has 2 aromatic heterocycles. The van der Waals surface area contributed by atoms with Gasteiger partial charge in [0.1, 0.15) is 0 Å². The van der Waals surface area contributed by atoms with Crippen molar-refractivity contribution in [1.29, 1.82) is 0 Å². The van der Waals surface area contributed by atoms with E-state index in [1.54, 1.807) is 0 Å². The van der Waals surface area contributed by atoms with Gasteiger partial charge in [-0.15, -0.1) is 0 Å². The predicted octanol–water partition coefficient (Wildman–Crippen LogP) is 3.25. The summed E-state index contributed by atoms with van der Waals surface area (Å²) in [6.45, 7) is 7.15. The van der Waals surface area contributed by atoms with E-state index in [1.807, 2.05) is 0 Å². The number of hydrogen-bond donors (Lipinski definition) is 1. The van der Waals surface area contributed by atoms with Crippen molar-refractivity contribution in [2.75, 3.05) is 6.54 Å². The second-order valence-corrected chi connectivity index (χ2v) is 5.62. The molecule has 0 fully saturated rings. The predicted molar refractivity (Wildman–Crippen MR) is 71.9 cm³/mol. The second-order valence-electron chi connectivity index (χ2n) is 4.83. The molecule has 0 aliphatic rings. The van der Waals surface area contributed by atoms with Crippen LogP contribution in [0.2, 0.25) is 0 Å². The molecule has 0 radical (unpaired) electrons. The average molecular weight is 281 g/mol. The second kappa shape index (κ2) is 3.90. The SMILES string of the molecule is Cc1c(Br)c2ccccn2c1C(C)(C)CN. The van der Waals surface area contributed by atoms with Crippen LogP contribution in [0.25, 0.3) is 5.52 Å². The van der Waals surface area contributed by atoms with Gasteiger partial charge in [0.2, 0.25) is 0 Å². The summed E-state index contributed by atoms with van der Waals surface area (Å²) in [6.07, 6.45) is 2.10. The van der Waals surface area contributed by atoms with Crippen LogP contribution in [0.4, 0.5) is 0 Å². The number of nitrogens with zero attached hydrogens (tertiary/aromatic N) is 1. The molecule has 0 aliphatic carbocycles. The van der Waals surface area contributed by atoms with Gasteiger partial charge in [0, 0.05) is 28.3 Å². The van der Waals surface area contributed by atoms with Crippen LogP contribution in [0.1, 0.15) is 25.1 Å². The van der Waals surface area contributed by atoms with Crippen molar-refractivity contribution in [2.45, 2.75) is 26.2 Å². The number of nitrogens with two attached hydrogens (primary N) is 1. The van der Waals surface area contributed by atoms with Crippen molar-refractivity contribution >= 4 is 21.4 Å². The molecule has 2 nitrogen and oxygen atoms in total. The van der Waals surface area contributed by atoms with Gasteiger partial charge in [-0.2, -0.15) is 0 Å². The summed E-state index contributed by atoms with van der Waals surface area (Å²) < 4.78 is 3.40. The minimum Gasteiger partial charge on any atom is -0.330 e. The minimum atomic E-state index is -0.0135. The normalized spacial score (nSPS) is 12.3. The number of rotatable bonds is 2. The first-order valence-corrected chi connectivity index (χ1v) is 6.24. The fourth-order valence-electron chi connectivity index (χ4n) is 2.22. The third-order valence-corrected chi connectivity index (χ3v) is 4.16. The van der Waals surface area contributed by atoms with Crippen molar-refractivity contribution in [3.8, 4) is 0 Å². The van der Waals surface area contributed by atoms with E-state index >= 15 is 0 Å². The highest BCUT2D eigenvalue weighted by Crippen LogP contribution is 2.34. The molecule has 3 heteroatoms. The lowest BCUT2D eigenvalue weighted by Gasteiger charge is -2.24. The van der Waals surface area contributed by atoms with E-state index in [0.717, 1.165) is 0 Å². The summed E-state index contributed by atoms with van der Waals surface area (Å²) in [5.74, 6) is 0. The van der Waals surface area contributed by atoms with Crippen LogP contribution in [0.15, 0.2) is 28.9 Å². The molecule has 16 heavy (non-hydrogen) atoms. The Labute approximate surface area is 105 Å². The highest BCUT2D eigenvalue weighted by molar-refractivity contribution is 9.10. The van der Waals surface area contributed by atoms with Crippen molar-refractivity contribution < 1.29 is 0 Å². The molecule has 0 atom stereocenters. The summed E-state index contributed by atoms with van der Waals surface area (Å²) in [4.78, 5) is 0. The molecular formula is C13H17BrN2. The number of halogens is 1. The van der Waals surface area contributed by atoms with Crippen molar-refractivity contribution in [3.63, 3.8) is 0 Å². The zero-order valence-electron chi connectivity index (χ0n) is 9.92. The van der Waals surface area contributed by atoms with Gasteiger partial charge in [0.05, 0.1) is 5.52 Å². The standard InChI is InChI=1S/C13H17BrN2/c1-9-11(14)10-6-4-5-7-16(10)12(9)13(2,3)8-15/h4-7H,8,15H2,1-3H3. The van der Waals surface area contributed by atoms with Gasteiger partial charge in [-0.1, -0.05) is 19.9 Å². The van der Waals surface area contributed by atoms with E-state index in [9.17, 15) is 0 Å². The lowest BCUT2D eigenvalue weighted by atomic mass is 9.87. The third kappa shape index (κ3) is 1.59. The van der Waals surface area contributed by atoms with E-state index in [-0.39, 0.29) is 5.41 Å². The highest BCUT2D eigenvalue weighted by Gasteiger charge is 2.26. The summed E-state index contributed by atoms with van der Waals surface area (Å²) in [7, 11) is 0. The number of aromatic nitrogens is 1. The lowest BCUT2D eigenvalue weighted by molar-refractivity contribution is 0.514. The summed E-state index contributed by atoms with van der Waals surface area (Å²) in [5, 5.41) is 0. The Balaban J connectivity index is 2.84. The maximum atomic E-state index is 5.88. The van der Waals surface area contributed by atoms with Crippen LogP contribution >= 0.6 is 15.9 Å². The van der Waals surface area contributed by atoms with E-state index in [1.165, 1.54) is 21.2 Å². The molecule has 0 saturated heterocycles. The first-order chi connectivity index (χ1) is 7.49. The zero-order chi connectivity index (χ0) is 11.9. The van der Waals surface area contributed by atoms with Crippen LogP contribution < -0.4 is 5.73 Å². The van der Waals surface area contributed by atoms with E-state index in [4.69, 9.17) is 5.73 Å². The maximum absolute atomic E-state index is 5.88. The van der Waals surface area contributed by atoms with E-state index < -0.39 is 0 Å². The number of hydrogen-bond acceptors (Lipinski definition) is 1. The summed E-state index contributed by atoms with van der Waals surface area (Å²) >= 11 is 3.66. The quantitative estimate of drug-likeness (QED) is 0.900. The molecule has 2 rings (SSSR count). The van der Waals surface area contributed by atoms with Crippen molar-refractivity contribution in [2.24, 2.45) is 5.73 Å². The first-order valence-electron chi connectivity index (χ1n) is 5.44. The van der Waals surface area contributed by atoms with Crippen molar-refractivity contribution in [1.82, 2.24) is 4.40 Å². The molecule has 0 saturated carbocycles. The van der Waals surface area contributed by atoms with Gasteiger partial charge in [-0.05, 0) is 40.5 Å². The van der Waals surface area contributed by atoms with Gasteiger partial charge >= 0.3 is 0 Å². The fraction of sp³-hybridized carbons (Fsp3) is 0.385. The number of pyridine rings is 1. The Kier molecular flexibility index (Phi) is 2.84. The van der Waals surface area contributed by atoms with Crippen LogP contribution in [0.5, 0.6) is 0 Å². The molecule has 0 spiro atoms. The van der Waals surface area contributed by atoms with Crippen LogP contribution in [-0.2, 0) is 5.41 Å². The molecule has 0 aliphatic heterocycles. The monoisotopic (exact) mass is 280 g/mol. The molecule has 2 N–H and O–H groups in total. The third-order valence-electron chi connectivity index (χ3n) is 3.16. The molecular weight excluding hydrogens is 264 g/mol. The molecule has 2 aromatic rings. The summed E-state index contributed by atoms with van der Waals surface area (Å²) in [5.41, 5.74) is 9.64. The van der Waals surface area contributed by atoms with Crippen LogP contribution in [-0.4, -0.2) is 10.9 Å². The molecule has 0 bridgehead atoms. The Morgan fingerprint density at radius 3 is 2.69 bits per heavy atom. The van der Waals surface area contributed by atoms with E-state index in [0.29, 0.717) is 6.54 Å². The topological polar surface area (TPSA) is 30.4 Å². The molecule has 0 unspecified atom stereocenters. The molecule has 0 aromatic carbocycles. The largest absolute Gasteiger partial charge is 0.330 e. The van der Waals surface area contributed by atoms with Crippen molar-refractivity contribution in [3.05, 3.63) is 40.1 Å². The Morgan fingerprint density at radius 1 is 1.38 bits per heavy atom. The first kappa shape index (κ1) is 11.7. The van der Waals surface area contributed by atoms with Gasteiger partial charge in [-0.3, -0.25) is 0 Å². The Morgan fingerprint density at radius 2 is 2.06 bits per heavy atom. The van der Waals surface area contributed by atoms with E-state index in [2.05, 4.69) is 65.5 Å². The highest BCUT2D eigenvalue weighted by atomic mass is 79.9. The summed E-state index contributed by atoms with van der Waals surface area (Å²) in [6, 6.07) is 6.22. The molecule has 0 amide bonds.